The highest BCUT2D eigenvalue weighted by atomic mass is 16.5. The van der Waals surface area contributed by atoms with Crippen LogP contribution in [0, 0.1) is 0 Å². The number of carbonyl (C=O) groups is 5. The molecule has 10 heteroatoms. The fourth-order valence-electron chi connectivity index (χ4n) is 6.12. The number of nitrogens with one attached hydrogen (secondary N) is 2. The topological polar surface area (TPSA) is 125 Å². The summed E-state index contributed by atoms with van der Waals surface area (Å²) in [6, 6.07) is 25.0. The Labute approximate surface area is 277 Å². The predicted octanol–water partition coefficient (Wildman–Crippen LogP) is 5.48. The molecular formula is C38H34N4O6. The Bertz CT molecular complexity index is 1950. The average Bonchev–Trinajstić information content (AvgIpc) is 3.95. The lowest BCUT2D eigenvalue weighted by Crippen LogP contribution is -2.36. The average molecular weight is 643 g/mol. The molecule has 0 atom stereocenters. The SMILES string of the molecule is CC(=O)c1ccc(C(=O)N2CCc3cc(NC(=O)c4ccc(CN(C(=O)c5ccc6c(c5)OCC(=O)N6)C5CC5)cc4)ccc3C2)cc1. The molecule has 10 nitrogen and oxygen atoms in total. The first kappa shape index (κ1) is 30.9. The molecule has 7 rings (SSSR count). The Kier molecular flexibility index (Phi) is 8.22. The second-order valence-electron chi connectivity index (χ2n) is 12.5. The van der Waals surface area contributed by atoms with Crippen molar-refractivity contribution in [2.24, 2.45) is 0 Å². The van der Waals surface area contributed by atoms with E-state index in [1.165, 1.54) is 6.92 Å². The number of benzene rings is 4. The maximum atomic E-state index is 13.5. The van der Waals surface area contributed by atoms with Gasteiger partial charge in [0, 0.05) is 53.6 Å². The normalized spacial score (nSPS) is 14.9. The van der Waals surface area contributed by atoms with Gasteiger partial charge >= 0.3 is 0 Å². The fourth-order valence-corrected chi connectivity index (χ4v) is 6.12. The molecule has 242 valence electrons. The van der Waals surface area contributed by atoms with Crippen LogP contribution in [0.5, 0.6) is 5.75 Å². The molecule has 1 fully saturated rings. The van der Waals surface area contributed by atoms with Gasteiger partial charge in [-0.15, -0.1) is 0 Å². The van der Waals surface area contributed by atoms with Gasteiger partial charge in [0.05, 0.1) is 5.69 Å². The number of hydrogen-bond acceptors (Lipinski definition) is 6. The zero-order valence-electron chi connectivity index (χ0n) is 26.5. The maximum Gasteiger partial charge on any atom is 0.262 e. The van der Waals surface area contributed by atoms with Gasteiger partial charge in [-0.1, -0.05) is 30.3 Å². The van der Waals surface area contributed by atoms with Crippen molar-refractivity contribution in [1.82, 2.24) is 9.80 Å². The van der Waals surface area contributed by atoms with Gasteiger partial charge in [0.2, 0.25) is 0 Å². The summed E-state index contributed by atoms with van der Waals surface area (Å²) in [5, 5.41) is 5.73. The molecule has 4 amide bonds. The summed E-state index contributed by atoms with van der Waals surface area (Å²) in [6.45, 7) is 2.86. The van der Waals surface area contributed by atoms with Crippen molar-refractivity contribution in [3.8, 4) is 5.75 Å². The standard InChI is InChI=1S/C38H34N4O6/c1-23(43)25-6-8-27(9-7-25)37(46)41-17-16-28-18-31(12-10-30(28)21-41)39-36(45)26-4-2-24(3-5-26)20-42(32-13-14-32)38(47)29-11-15-33-34(19-29)48-22-35(44)40-33/h2-12,15,18-19,32H,13-14,16-17,20-22H2,1H3,(H,39,45)(H,40,44). The first-order valence-corrected chi connectivity index (χ1v) is 16.0. The Morgan fingerprint density at radius 3 is 2.29 bits per heavy atom. The lowest BCUT2D eigenvalue weighted by atomic mass is 9.98. The van der Waals surface area contributed by atoms with Crippen LogP contribution in [-0.2, 0) is 24.3 Å². The molecule has 2 heterocycles. The van der Waals surface area contributed by atoms with Crippen LogP contribution >= 0.6 is 0 Å². The van der Waals surface area contributed by atoms with Crippen LogP contribution in [0.25, 0.3) is 0 Å². The predicted molar refractivity (Wildman–Crippen MR) is 179 cm³/mol. The molecule has 0 spiro atoms. The summed E-state index contributed by atoms with van der Waals surface area (Å²) in [5.41, 5.74) is 6.38. The number of hydrogen-bond donors (Lipinski definition) is 2. The number of carbonyl (C=O) groups excluding carboxylic acids is 5. The van der Waals surface area contributed by atoms with Crippen LogP contribution in [0.3, 0.4) is 0 Å². The Morgan fingerprint density at radius 1 is 0.854 bits per heavy atom. The van der Waals surface area contributed by atoms with Gasteiger partial charge in [0.25, 0.3) is 23.6 Å². The van der Waals surface area contributed by atoms with Crippen molar-refractivity contribution in [3.05, 3.63) is 124 Å². The molecule has 1 saturated carbocycles. The van der Waals surface area contributed by atoms with Crippen molar-refractivity contribution in [3.63, 3.8) is 0 Å². The first-order chi connectivity index (χ1) is 23.2. The number of anilines is 2. The zero-order valence-corrected chi connectivity index (χ0v) is 26.5. The fraction of sp³-hybridized carbons (Fsp3) is 0.237. The number of ether oxygens (including phenoxy) is 1. The van der Waals surface area contributed by atoms with Crippen molar-refractivity contribution in [1.29, 1.82) is 0 Å². The molecule has 0 unspecified atom stereocenters. The van der Waals surface area contributed by atoms with Gasteiger partial charge in [0.1, 0.15) is 5.75 Å². The summed E-state index contributed by atoms with van der Waals surface area (Å²) < 4.78 is 5.50. The van der Waals surface area contributed by atoms with Crippen molar-refractivity contribution >= 4 is 40.8 Å². The van der Waals surface area contributed by atoms with Crippen LogP contribution < -0.4 is 15.4 Å². The van der Waals surface area contributed by atoms with E-state index in [0.29, 0.717) is 65.4 Å². The van der Waals surface area contributed by atoms with E-state index in [9.17, 15) is 24.0 Å². The third-order valence-corrected chi connectivity index (χ3v) is 8.98. The van der Waals surface area contributed by atoms with Crippen LogP contribution in [-0.4, -0.2) is 58.4 Å². The van der Waals surface area contributed by atoms with Crippen molar-refractivity contribution < 1.29 is 28.7 Å². The molecule has 48 heavy (non-hydrogen) atoms. The highest BCUT2D eigenvalue weighted by Gasteiger charge is 2.33. The second kappa shape index (κ2) is 12.8. The molecule has 3 aliphatic rings. The minimum absolute atomic E-state index is 0.0390. The molecule has 4 aromatic rings. The molecular weight excluding hydrogens is 608 g/mol. The number of ketones is 1. The monoisotopic (exact) mass is 642 g/mol. The molecule has 2 aliphatic heterocycles. The Balaban J connectivity index is 0.966. The highest BCUT2D eigenvalue weighted by molar-refractivity contribution is 6.04. The summed E-state index contributed by atoms with van der Waals surface area (Å²) in [5.74, 6) is -0.200. The second-order valence-corrected chi connectivity index (χ2v) is 12.5. The number of fused-ring (bicyclic) bond motifs is 2. The quantitative estimate of drug-likeness (QED) is 0.246. The van der Waals surface area contributed by atoms with E-state index in [2.05, 4.69) is 10.6 Å². The first-order valence-electron chi connectivity index (χ1n) is 16.0. The summed E-state index contributed by atoms with van der Waals surface area (Å²) in [4.78, 5) is 66.5. The molecule has 0 radical (unpaired) electrons. The third-order valence-electron chi connectivity index (χ3n) is 8.98. The molecule has 0 aromatic heterocycles. The number of nitrogens with zero attached hydrogens (tertiary/aromatic N) is 2. The van der Waals surface area contributed by atoms with Crippen LogP contribution in [0.15, 0.2) is 84.9 Å². The smallest absolute Gasteiger partial charge is 0.262 e. The number of rotatable bonds is 8. The minimum atomic E-state index is -0.237. The molecule has 0 saturated heterocycles. The van der Waals surface area contributed by atoms with E-state index < -0.39 is 0 Å². The summed E-state index contributed by atoms with van der Waals surface area (Å²) >= 11 is 0. The summed E-state index contributed by atoms with van der Waals surface area (Å²) in [7, 11) is 0. The van der Waals surface area contributed by atoms with Crippen LogP contribution in [0.4, 0.5) is 11.4 Å². The van der Waals surface area contributed by atoms with E-state index >= 15 is 0 Å². The van der Waals surface area contributed by atoms with Crippen molar-refractivity contribution in [2.75, 3.05) is 23.8 Å². The van der Waals surface area contributed by atoms with Gasteiger partial charge in [-0.2, -0.15) is 0 Å². The van der Waals surface area contributed by atoms with Gasteiger partial charge in [-0.3, -0.25) is 24.0 Å². The summed E-state index contributed by atoms with van der Waals surface area (Å²) in [6.07, 6.45) is 2.54. The molecule has 0 bridgehead atoms. The maximum absolute atomic E-state index is 13.5. The third kappa shape index (κ3) is 6.55. The van der Waals surface area contributed by atoms with Gasteiger partial charge in [0.15, 0.2) is 12.4 Å². The molecule has 2 N–H and O–H groups in total. The number of Topliss-reactive ketones (excluding diaryl/α,β-unsaturated/α-hetero) is 1. The van der Waals surface area contributed by atoms with Gasteiger partial charge in [-0.25, -0.2) is 0 Å². The minimum Gasteiger partial charge on any atom is -0.482 e. The van der Waals surface area contributed by atoms with Crippen LogP contribution in [0.2, 0.25) is 0 Å². The molecule has 1 aliphatic carbocycles. The Morgan fingerprint density at radius 2 is 1.56 bits per heavy atom. The van der Waals surface area contributed by atoms with Gasteiger partial charge < -0.3 is 25.2 Å². The van der Waals surface area contributed by atoms with Crippen molar-refractivity contribution in [2.45, 2.75) is 45.3 Å². The number of amides is 4. The van der Waals surface area contributed by atoms with E-state index in [1.54, 1.807) is 59.5 Å². The van der Waals surface area contributed by atoms with Gasteiger partial charge in [-0.05, 0) is 97.5 Å². The molecule has 4 aromatic carbocycles. The lowest BCUT2D eigenvalue weighted by Gasteiger charge is -2.29. The van der Waals surface area contributed by atoms with E-state index in [-0.39, 0.29) is 42.1 Å². The largest absolute Gasteiger partial charge is 0.482 e. The van der Waals surface area contributed by atoms with E-state index in [1.807, 2.05) is 35.2 Å². The lowest BCUT2D eigenvalue weighted by molar-refractivity contribution is -0.118. The van der Waals surface area contributed by atoms with E-state index in [0.717, 1.165) is 29.5 Å². The highest BCUT2D eigenvalue weighted by Crippen LogP contribution is 2.33. The Hall–Kier alpha value is -5.77. The van der Waals surface area contributed by atoms with Crippen LogP contribution in [0.1, 0.15) is 77.9 Å². The van der Waals surface area contributed by atoms with E-state index in [4.69, 9.17) is 4.74 Å². The zero-order chi connectivity index (χ0) is 33.4.